The van der Waals surface area contributed by atoms with Gasteiger partial charge in [0.05, 0.1) is 12.1 Å². The van der Waals surface area contributed by atoms with Gasteiger partial charge in [0.2, 0.25) is 0 Å². The Morgan fingerprint density at radius 3 is 3.08 bits per heavy atom. The molecule has 0 fully saturated rings. The van der Waals surface area contributed by atoms with Crippen LogP contribution < -0.4 is 0 Å². The monoisotopic (exact) mass is 197 g/mol. The highest BCUT2D eigenvalue weighted by Crippen LogP contribution is 2.23. The summed E-state index contributed by atoms with van der Waals surface area (Å²) in [6, 6.07) is 1.86. The van der Waals surface area contributed by atoms with Gasteiger partial charge in [-0.15, -0.1) is 11.6 Å². The maximum Gasteiger partial charge on any atom is 0.189 e. The molecule has 0 aliphatic heterocycles. The molecule has 0 saturated carbocycles. The van der Waals surface area contributed by atoms with Crippen LogP contribution in [0.2, 0.25) is 0 Å². The van der Waals surface area contributed by atoms with E-state index in [1.54, 1.807) is 17.1 Å². The van der Waals surface area contributed by atoms with Gasteiger partial charge in [0.1, 0.15) is 5.69 Å². The number of hydrogen-bond donors (Lipinski definition) is 0. The summed E-state index contributed by atoms with van der Waals surface area (Å²) < 4.78 is 6.80. The lowest BCUT2D eigenvalue weighted by Gasteiger charge is -1.97. The third-order valence-corrected chi connectivity index (χ3v) is 2.13. The van der Waals surface area contributed by atoms with Gasteiger partial charge in [-0.25, -0.2) is 0 Å². The van der Waals surface area contributed by atoms with Gasteiger partial charge in [-0.3, -0.25) is 4.68 Å². The molecule has 0 saturated heterocycles. The zero-order valence-corrected chi connectivity index (χ0v) is 7.82. The lowest BCUT2D eigenvalue weighted by Crippen LogP contribution is -1.93. The predicted octanol–water partition coefficient (Wildman–Crippen LogP) is 1.81. The lowest BCUT2D eigenvalue weighted by molar-refractivity contribution is 0.428. The van der Waals surface area contributed by atoms with E-state index in [0.717, 1.165) is 11.3 Å². The molecule has 0 radical (unpaired) electrons. The third-order valence-electron chi connectivity index (χ3n) is 1.84. The Balaban J connectivity index is 2.52. The summed E-state index contributed by atoms with van der Waals surface area (Å²) in [4.78, 5) is 0. The molecule has 2 aromatic rings. The zero-order valence-electron chi connectivity index (χ0n) is 7.07. The Bertz CT molecular complexity index is 407. The molecule has 0 bridgehead atoms. The molecule has 2 aromatic heterocycles. The molecule has 0 atom stereocenters. The summed E-state index contributed by atoms with van der Waals surface area (Å²) >= 11 is 5.71. The van der Waals surface area contributed by atoms with Gasteiger partial charge in [0, 0.05) is 18.8 Å². The quantitative estimate of drug-likeness (QED) is 0.690. The van der Waals surface area contributed by atoms with Gasteiger partial charge in [0.25, 0.3) is 0 Å². The van der Waals surface area contributed by atoms with E-state index in [9.17, 15) is 0 Å². The fourth-order valence-corrected chi connectivity index (χ4v) is 1.35. The molecule has 2 rings (SSSR count). The number of aromatic nitrogens is 3. The molecular weight excluding hydrogens is 190 g/mol. The number of aryl methyl sites for hydroxylation is 1. The normalized spacial score (nSPS) is 10.6. The Labute approximate surface area is 80.1 Å². The Morgan fingerprint density at radius 2 is 2.46 bits per heavy atom. The van der Waals surface area contributed by atoms with Crippen LogP contribution in [0, 0.1) is 0 Å². The fourth-order valence-electron chi connectivity index (χ4n) is 1.16. The van der Waals surface area contributed by atoms with Gasteiger partial charge in [-0.1, -0.05) is 5.16 Å². The molecule has 2 heterocycles. The smallest absolute Gasteiger partial charge is 0.189 e. The van der Waals surface area contributed by atoms with Gasteiger partial charge in [-0.2, -0.15) is 5.10 Å². The Kier molecular flexibility index (Phi) is 2.06. The fraction of sp³-hybridized carbons (Fsp3) is 0.250. The largest absolute Gasteiger partial charge is 0.354 e. The molecule has 5 heteroatoms. The minimum atomic E-state index is 0.393. The average Bonchev–Trinajstić information content (AvgIpc) is 2.71. The van der Waals surface area contributed by atoms with Crippen molar-refractivity contribution >= 4 is 11.6 Å². The number of alkyl halides is 1. The zero-order chi connectivity index (χ0) is 9.26. The van der Waals surface area contributed by atoms with Crippen LogP contribution in [0.5, 0.6) is 0 Å². The molecule has 0 aliphatic carbocycles. The van der Waals surface area contributed by atoms with Crippen molar-refractivity contribution in [2.45, 2.75) is 5.88 Å². The van der Waals surface area contributed by atoms with Crippen molar-refractivity contribution in [3.63, 3.8) is 0 Å². The lowest BCUT2D eigenvalue weighted by atomic mass is 10.2. The minimum absolute atomic E-state index is 0.393. The van der Waals surface area contributed by atoms with Crippen LogP contribution in [0.3, 0.4) is 0 Å². The van der Waals surface area contributed by atoms with Gasteiger partial charge in [-0.05, 0) is 6.07 Å². The molecule has 4 nitrogen and oxygen atoms in total. The molecule has 0 unspecified atom stereocenters. The molecule has 0 aliphatic rings. The second kappa shape index (κ2) is 3.22. The maximum absolute atomic E-state index is 5.71. The molecule has 0 aromatic carbocycles. The van der Waals surface area contributed by atoms with Crippen molar-refractivity contribution in [3.8, 4) is 11.5 Å². The summed E-state index contributed by atoms with van der Waals surface area (Å²) in [6.45, 7) is 0. The summed E-state index contributed by atoms with van der Waals surface area (Å²) in [5.74, 6) is 1.08. The highest BCUT2D eigenvalue weighted by atomic mass is 35.5. The summed E-state index contributed by atoms with van der Waals surface area (Å²) in [5.41, 5.74) is 1.76. The number of rotatable bonds is 2. The predicted molar refractivity (Wildman–Crippen MR) is 48.3 cm³/mol. The molecule has 13 heavy (non-hydrogen) atoms. The van der Waals surface area contributed by atoms with Gasteiger partial charge in [0.15, 0.2) is 5.76 Å². The van der Waals surface area contributed by atoms with Crippen LogP contribution >= 0.6 is 11.6 Å². The van der Waals surface area contributed by atoms with E-state index >= 15 is 0 Å². The second-order valence-electron chi connectivity index (χ2n) is 2.65. The van der Waals surface area contributed by atoms with E-state index < -0.39 is 0 Å². The first-order valence-corrected chi connectivity index (χ1v) is 4.34. The molecule has 0 spiro atoms. The van der Waals surface area contributed by atoms with Crippen LogP contribution in [-0.4, -0.2) is 14.9 Å². The Hall–Kier alpha value is -1.29. The Morgan fingerprint density at radius 1 is 1.62 bits per heavy atom. The van der Waals surface area contributed by atoms with Crippen LogP contribution in [0.25, 0.3) is 11.5 Å². The molecule has 68 valence electrons. The summed E-state index contributed by atoms with van der Waals surface area (Å²) in [6.07, 6.45) is 3.32. The molecule has 0 N–H and O–H groups in total. The van der Waals surface area contributed by atoms with Crippen LogP contribution in [0.1, 0.15) is 5.56 Å². The van der Waals surface area contributed by atoms with Crippen molar-refractivity contribution in [2.24, 2.45) is 7.05 Å². The SMILES string of the molecule is Cn1nccc1-c1oncc1CCl. The molecule has 0 amide bonds. The first-order valence-electron chi connectivity index (χ1n) is 3.81. The highest BCUT2D eigenvalue weighted by Gasteiger charge is 2.12. The van der Waals surface area contributed by atoms with E-state index in [4.69, 9.17) is 16.1 Å². The van der Waals surface area contributed by atoms with E-state index in [1.807, 2.05) is 13.1 Å². The maximum atomic E-state index is 5.71. The van der Waals surface area contributed by atoms with E-state index in [1.165, 1.54) is 0 Å². The van der Waals surface area contributed by atoms with E-state index in [2.05, 4.69) is 10.3 Å². The number of hydrogen-bond acceptors (Lipinski definition) is 3. The van der Waals surface area contributed by atoms with Gasteiger partial charge < -0.3 is 4.52 Å². The van der Waals surface area contributed by atoms with Gasteiger partial charge >= 0.3 is 0 Å². The topological polar surface area (TPSA) is 43.9 Å². The van der Waals surface area contributed by atoms with E-state index in [0.29, 0.717) is 11.6 Å². The third kappa shape index (κ3) is 1.33. The average molecular weight is 198 g/mol. The minimum Gasteiger partial charge on any atom is -0.354 e. The van der Waals surface area contributed by atoms with Crippen molar-refractivity contribution in [2.75, 3.05) is 0 Å². The summed E-state index contributed by atoms with van der Waals surface area (Å²) in [7, 11) is 1.84. The first kappa shape index (κ1) is 8.31. The summed E-state index contributed by atoms with van der Waals surface area (Å²) in [5, 5.41) is 7.72. The van der Waals surface area contributed by atoms with Crippen molar-refractivity contribution in [1.82, 2.24) is 14.9 Å². The number of halogens is 1. The van der Waals surface area contributed by atoms with E-state index in [-0.39, 0.29) is 0 Å². The first-order chi connectivity index (χ1) is 6.33. The second-order valence-corrected chi connectivity index (χ2v) is 2.92. The van der Waals surface area contributed by atoms with Crippen molar-refractivity contribution in [1.29, 1.82) is 0 Å². The van der Waals surface area contributed by atoms with Crippen LogP contribution in [0.15, 0.2) is 23.0 Å². The number of nitrogens with zero attached hydrogens (tertiary/aromatic N) is 3. The van der Waals surface area contributed by atoms with Crippen molar-refractivity contribution in [3.05, 3.63) is 24.0 Å². The highest BCUT2D eigenvalue weighted by molar-refractivity contribution is 6.17. The van der Waals surface area contributed by atoms with Crippen LogP contribution in [-0.2, 0) is 12.9 Å². The van der Waals surface area contributed by atoms with Crippen molar-refractivity contribution < 1.29 is 4.52 Å². The molecular formula is C8H8ClN3O. The standard InChI is InChI=1S/C8H8ClN3O/c1-12-7(2-3-10-12)8-6(4-9)5-11-13-8/h2-3,5H,4H2,1H3. The van der Waals surface area contributed by atoms with Crippen LogP contribution in [0.4, 0.5) is 0 Å².